The van der Waals surface area contributed by atoms with Crippen molar-refractivity contribution in [2.45, 2.75) is 26.0 Å². The number of hydrogen-bond donors (Lipinski definition) is 2. The van der Waals surface area contributed by atoms with Gasteiger partial charge in [0.15, 0.2) is 0 Å². The van der Waals surface area contributed by atoms with Gasteiger partial charge in [-0.15, -0.1) is 0 Å². The fourth-order valence-corrected chi connectivity index (χ4v) is 2.06. The molecule has 0 spiro atoms. The van der Waals surface area contributed by atoms with Crippen LogP contribution in [0.5, 0.6) is 0 Å². The van der Waals surface area contributed by atoms with Crippen LogP contribution in [0.15, 0.2) is 24.3 Å². The van der Waals surface area contributed by atoms with Crippen LogP contribution in [0.1, 0.15) is 24.0 Å². The second-order valence-electron chi connectivity index (χ2n) is 4.58. The molecule has 1 aliphatic rings. The Morgan fingerprint density at radius 3 is 2.44 bits per heavy atom. The average Bonchev–Trinajstić information content (AvgIpc) is 2.46. The van der Waals surface area contributed by atoms with E-state index < -0.39 is 0 Å². The van der Waals surface area contributed by atoms with Crippen molar-refractivity contribution < 1.29 is 14.6 Å². The standard InChI is InChI=1S/C14H19NO3/c16-10-12-3-1-11(2-4-12)9-15-14(17)13-5-7-18-8-6-13/h1-4,13,16H,5-10H2,(H,15,17). The molecule has 98 valence electrons. The molecule has 1 heterocycles. The van der Waals surface area contributed by atoms with Crippen molar-refractivity contribution >= 4 is 5.91 Å². The minimum Gasteiger partial charge on any atom is -0.392 e. The molecular formula is C14H19NO3. The molecule has 0 saturated carbocycles. The molecule has 2 N–H and O–H groups in total. The molecule has 18 heavy (non-hydrogen) atoms. The molecular weight excluding hydrogens is 230 g/mol. The summed E-state index contributed by atoms with van der Waals surface area (Å²) in [6.07, 6.45) is 1.63. The second kappa shape index (κ2) is 6.52. The van der Waals surface area contributed by atoms with Crippen molar-refractivity contribution in [2.75, 3.05) is 13.2 Å². The molecule has 1 saturated heterocycles. The van der Waals surface area contributed by atoms with Gasteiger partial charge in [0.05, 0.1) is 6.61 Å². The van der Waals surface area contributed by atoms with Gasteiger partial charge in [0.25, 0.3) is 0 Å². The Bertz CT molecular complexity index is 383. The molecule has 2 rings (SSSR count). The van der Waals surface area contributed by atoms with Crippen LogP contribution in [0.4, 0.5) is 0 Å². The molecule has 1 aliphatic heterocycles. The molecule has 1 aromatic rings. The van der Waals surface area contributed by atoms with E-state index in [4.69, 9.17) is 9.84 Å². The molecule has 0 unspecified atom stereocenters. The first kappa shape index (κ1) is 13.1. The Balaban J connectivity index is 1.80. The fourth-order valence-electron chi connectivity index (χ4n) is 2.06. The summed E-state index contributed by atoms with van der Waals surface area (Å²) < 4.78 is 5.23. The van der Waals surface area contributed by atoms with E-state index in [1.54, 1.807) is 0 Å². The number of aliphatic hydroxyl groups is 1. The summed E-state index contributed by atoms with van der Waals surface area (Å²) >= 11 is 0. The number of ether oxygens (including phenoxy) is 1. The van der Waals surface area contributed by atoms with E-state index in [1.807, 2.05) is 24.3 Å². The van der Waals surface area contributed by atoms with Gasteiger partial charge in [-0.3, -0.25) is 4.79 Å². The van der Waals surface area contributed by atoms with Crippen LogP contribution in [0.2, 0.25) is 0 Å². The molecule has 0 atom stereocenters. The zero-order valence-corrected chi connectivity index (χ0v) is 10.4. The maximum absolute atomic E-state index is 11.9. The lowest BCUT2D eigenvalue weighted by Crippen LogP contribution is -2.33. The highest BCUT2D eigenvalue weighted by Gasteiger charge is 2.20. The van der Waals surface area contributed by atoms with E-state index in [1.165, 1.54) is 0 Å². The number of rotatable bonds is 4. The van der Waals surface area contributed by atoms with Crippen molar-refractivity contribution in [3.63, 3.8) is 0 Å². The largest absolute Gasteiger partial charge is 0.392 e. The maximum Gasteiger partial charge on any atom is 0.223 e. The molecule has 4 nitrogen and oxygen atoms in total. The van der Waals surface area contributed by atoms with Crippen LogP contribution in [-0.4, -0.2) is 24.2 Å². The second-order valence-corrected chi connectivity index (χ2v) is 4.58. The van der Waals surface area contributed by atoms with Crippen molar-refractivity contribution in [2.24, 2.45) is 5.92 Å². The van der Waals surface area contributed by atoms with Gasteiger partial charge < -0.3 is 15.2 Å². The number of carbonyl (C=O) groups is 1. The topological polar surface area (TPSA) is 58.6 Å². The predicted octanol–water partition coefficient (Wildman–Crippen LogP) is 1.22. The number of hydrogen-bond acceptors (Lipinski definition) is 3. The van der Waals surface area contributed by atoms with E-state index in [0.717, 1.165) is 24.0 Å². The maximum atomic E-state index is 11.9. The van der Waals surface area contributed by atoms with Crippen LogP contribution >= 0.6 is 0 Å². The summed E-state index contributed by atoms with van der Waals surface area (Å²) in [5.41, 5.74) is 1.93. The highest BCUT2D eigenvalue weighted by molar-refractivity contribution is 5.78. The Morgan fingerprint density at radius 2 is 1.83 bits per heavy atom. The first-order chi connectivity index (χ1) is 8.79. The van der Waals surface area contributed by atoms with Crippen LogP contribution in [0.25, 0.3) is 0 Å². The molecule has 1 fully saturated rings. The summed E-state index contributed by atoms with van der Waals surface area (Å²) in [5, 5.41) is 11.9. The Labute approximate surface area is 107 Å². The van der Waals surface area contributed by atoms with Gasteiger partial charge >= 0.3 is 0 Å². The van der Waals surface area contributed by atoms with E-state index in [9.17, 15) is 4.79 Å². The first-order valence-electron chi connectivity index (χ1n) is 6.33. The third kappa shape index (κ3) is 3.55. The smallest absolute Gasteiger partial charge is 0.223 e. The third-order valence-electron chi connectivity index (χ3n) is 3.26. The normalized spacial score (nSPS) is 16.5. The lowest BCUT2D eigenvalue weighted by Gasteiger charge is -2.21. The zero-order chi connectivity index (χ0) is 12.8. The zero-order valence-electron chi connectivity index (χ0n) is 10.4. The van der Waals surface area contributed by atoms with E-state index in [2.05, 4.69) is 5.32 Å². The lowest BCUT2D eigenvalue weighted by atomic mass is 9.99. The number of nitrogens with one attached hydrogen (secondary N) is 1. The molecule has 4 heteroatoms. The Hall–Kier alpha value is -1.39. The average molecular weight is 249 g/mol. The summed E-state index contributed by atoms with van der Waals surface area (Å²) in [6.45, 7) is 1.96. The minimum absolute atomic E-state index is 0.0503. The van der Waals surface area contributed by atoms with Crippen molar-refractivity contribution in [1.29, 1.82) is 0 Å². The Kier molecular flexibility index (Phi) is 4.73. The monoisotopic (exact) mass is 249 g/mol. The van der Waals surface area contributed by atoms with Gasteiger partial charge in [0.1, 0.15) is 0 Å². The van der Waals surface area contributed by atoms with E-state index >= 15 is 0 Å². The summed E-state index contributed by atoms with van der Waals surface area (Å²) in [5.74, 6) is 0.208. The van der Waals surface area contributed by atoms with Crippen molar-refractivity contribution in [3.05, 3.63) is 35.4 Å². The number of amides is 1. The van der Waals surface area contributed by atoms with Gasteiger partial charge in [0, 0.05) is 25.7 Å². The van der Waals surface area contributed by atoms with E-state index in [-0.39, 0.29) is 18.4 Å². The van der Waals surface area contributed by atoms with Gasteiger partial charge in [-0.2, -0.15) is 0 Å². The van der Waals surface area contributed by atoms with Crippen molar-refractivity contribution in [1.82, 2.24) is 5.32 Å². The molecule has 0 aromatic heterocycles. The quantitative estimate of drug-likeness (QED) is 0.843. The minimum atomic E-state index is 0.0503. The van der Waals surface area contributed by atoms with Gasteiger partial charge in [-0.1, -0.05) is 24.3 Å². The lowest BCUT2D eigenvalue weighted by molar-refractivity contribution is -0.128. The number of aliphatic hydroxyl groups excluding tert-OH is 1. The SMILES string of the molecule is O=C(NCc1ccc(CO)cc1)C1CCOCC1. The summed E-state index contributed by atoms with van der Waals surface area (Å²) in [7, 11) is 0. The predicted molar refractivity (Wildman–Crippen MR) is 67.8 cm³/mol. The van der Waals surface area contributed by atoms with Gasteiger partial charge in [-0.05, 0) is 24.0 Å². The highest BCUT2D eigenvalue weighted by Crippen LogP contribution is 2.14. The number of carbonyl (C=O) groups excluding carboxylic acids is 1. The van der Waals surface area contributed by atoms with E-state index in [0.29, 0.717) is 19.8 Å². The molecule has 0 aliphatic carbocycles. The van der Waals surface area contributed by atoms with Crippen LogP contribution in [0.3, 0.4) is 0 Å². The van der Waals surface area contributed by atoms with Crippen LogP contribution in [-0.2, 0) is 22.7 Å². The highest BCUT2D eigenvalue weighted by atomic mass is 16.5. The summed E-state index contributed by atoms with van der Waals surface area (Å²) in [4.78, 5) is 11.9. The number of benzene rings is 1. The van der Waals surface area contributed by atoms with Gasteiger partial charge in [0.2, 0.25) is 5.91 Å². The fraction of sp³-hybridized carbons (Fsp3) is 0.500. The molecule has 1 amide bonds. The molecule has 1 aromatic carbocycles. The first-order valence-corrected chi connectivity index (χ1v) is 6.33. The van der Waals surface area contributed by atoms with Crippen LogP contribution in [0, 0.1) is 5.92 Å². The third-order valence-corrected chi connectivity index (χ3v) is 3.26. The molecule has 0 radical (unpaired) electrons. The molecule has 0 bridgehead atoms. The van der Waals surface area contributed by atoms with Gasteiger partial charge in [-0.25, -0.2) is 0 Å². The summed E-state index contributed by atoms with van der Waals surface area (Å²) in [6, 6.07) is 7.59. The van der Waals surface area contributed by atoms with Crippen molar-refractivity contribution in [3.8, 4) is 0 Å². The van der Waals surface area contributed by atoms with Crippen LogP contribution < -0.4 is 5.32 Å². The Morgan fingerprint density at radius 1 is 1.22 bits per heavy atom.